The molecular formula is C22H55N3O4. The fourth-order valence-corrected chi connectivity index (χ4v) is 2.34. The Hall–Kier alpha value is -0.990. The number of aliphatic carboxylic acids is 1. The number of carbonyl (C=O) groups excluding carboxylic acids is 1. The number of hydrogen-bond acceptors (Lipinski definition) is 4. The molecule has 7 nitrogen and oxygen atoms in total. The summed E-state index contributed by atoms with van der Waals surface area (Å²) in [5, 5.41) is 28.1. The van der Waals surface area contributed by atoms with Crippen LogP contribution in [0.5, 0.6) is 0 Å². The molecule has 29 heavy (non-hydrogen) atoms. The highest BCUT2D eigenvalue weighted by molar-refractivity contribution is 5.63. The molecule has 0 aliphatic carbocycles. The molecule has 0 atom stereocenters. The predicted octanol–water partition coefficient (Wildman–Crippen LogP) is 4.64. The highest BCUT2D eigenvalue weighted by Gasteiger charge is 1.91. The Balaban J connectivity index is -0.000000130. The summed E-state index contributed by atoms with van der Waals surface area (Å²) < 4.78 is 0. The number of carboxylic acid groups (broad SMARTS) is 1. The third kappa shape index (κ3) is 65.9. The number of hydrogen-bond donors (Lipinski definition) is 3. The molecule has 0 aliphatic heterocycles. The van der Waals surface area contributed by atoms with E-state index in [1.54, 1.807) is 13.8 Å². The van der Waals surface area contributed by atoms with Crippen LogP contribution in [0, 0.1) is 0 Å². The number of rotatable bonds is 15. The van der Waals surface area contributed by atoms with Crippen molar-refractivity contribution in [2.75, 3.05) is 13.2 Å². The van der Waals surface area contributed by atoms with Gasteiger partial charge in [-0.25, -0.2) is 0 Å². The lowest BCUT2D eigenvalue weighted by Crippen LogP contribution is -2.21. The van der Waals surface area contributed by atoms with Gasteiger partial charge < -0.3 is 38.6 Å². The first-order valence-corrected chi connectivity index (χ1v) is 10.6. The first kappa shape index (κ1) is 42.2. The van der Waals surface area contributed by atoms with Crippen LogP contribution in [0.3, 0.4) is 0 Å². The Labute approximate surface area is 181 Å². The number of unbranched alkanes of at least 4 members (excludes halogenated alkanes) is 11. The molecule has 0 aliphatic rings. The molecule has 0 aromatic heterocycles. The van der Waals surface area contributed by atoms with Crippen molar-refractivity contribution in [3.8, 4) is 0 Å². The first-order valence-electron chi connectivity index (χ1n) is 10.6. The van der Waals surface area contributed by atoms with Gasteiger partial charge in [0, 0.05) is 5.97 Å². The minimum Gasteiger partial charge on any atom is -0.855 e. The highest BCUT2D eigenvalue weighted by Crippen LogP contribution is 2.09. The van der Waals surface area contributed by atoms with E-state index >= 15 is 0 Å². The summed E-state index contributed by atoms with van der Waals surface area (Å²) in [7, 11) is 0. The van der Waals surface area contributed by atoms with Gasteiger partial charge in [-0.1, -0.05) is 84.3 Å². The summed E-state index contributed by atoms with van der Waals surface area (Å²) >= 11 is 0. The Kier molecular flexibility index (Phi) is 66.4. The Morgan fingerprint density at radius 1 is 0.621 bits per heavy atom. The zero-order valence-corrected chi connectivity index (χ0v) is 20.6. The van der Waals surface area contributed by atoms with E-state index in [-0.39, 0.29) is 38.1 Å². The van der Waals surface area contributed by atoms with E-state index in [1.165, 1.54) is 64.2 Å². The van der Waals surface area contributed by atoms with Crippen LogP contribution in [-0.2, 0) is 4.79 Å². The Morgan fingerprint density at radius 3 is 1.28 bits per heavy atom. The second-order valence-corrected chi connectivity index (χ2v) is 6.28. The van der Waals surface area contributed by atoms with E-state index in [1.807, 2.05) is 0 Å². The van der Waals surface area contributed by atoms with Gasteiger partial charge in [0.05, 0.1) is 0 Å². The van der Waals surface area contributed by atoms with Crippen molar-refractivity contribution >= 4 is 5.97 Å². The monoisotopic (exact) mass is 425 g/mol. The highest BCUT2D eigenvalue weighted by atomic mass is 16.4. The molecule has 0 fully saturated rings. The third-order valence-electron chi connectivity index (χ3n) is 3.64. The number of allylic oxidation sites excluding steroid dienone is 2. The third-order valence-corrected chi connectivity index (χ3v) is 3.64. The van der Waals surface area contributed by atoms with Crippen LogP contribution in [0.4, 0.5) is 0 Å². The standard InChI is InChI=1S/C18H34O2.2C2H5O.3H3N/c1-2-3-4-5-6-7-8-9-10-11-12-13-14-15-16-17-18(19)20;2*1-2-3;;;/h9-10H,2-8,11-17H2,1H3,(H,19,20);2*2H2,1H3;3*1H3/q;2*-1;;;/p+2/b10-9-;;;;;. The molecule has 0 heterocycles. The fraction of sp³-hybridized carbons (Fsp3) is 0.864. The SMILES string of the molecule is CCCCCCCC/C=C\CCCCCCCC(=O)[O-].CC[O-].CC[O-].[NH4+].[NH4+].[NH4+]. The summed E-state index contributed by atoms with van der Waals surface area (Å²) in [6, 6.07) is 0. The number of carbonyl (C=O) groups is 1. The van der Waals surface area contributed by atoms with Gasteiger partial charge in [0.2, 0.25) is 0 Å². The number of carboxylic acids is 1. The maximum Gasteiger partial charge on any atom is 0.0414 e. The minimum absolute atomic E-state index is 0. The molecule has 0 aromatic rings. The van der Waals surface area contributed by atoms with Gasteiger partial charge in [0.1, 0.15) is 0 Å². The minimum atomic E-state index is -0.914. The lowest BCUT2D eigenvalue weighted by Gasteiger charge is -2.01. The van der Waals surface area contributed by atoms with Crippen molar-refractivity contribution in [1.82, 2.24) is 18.5 Å². The predicted molar refractivity (Wildman–Crippen MR) is 123 cm³/mol. The molecule has 0 radical (unpaired) electrons. The van der Waals surface area contributed by atoms with E-state index < -0.39 is 5.97 Å². The number of quaternary nitrogens is 3. The molecular weight excluding hydrogens is 370 g/mol. The summed E-state index contributed by atoms with van der Waals surface area (Å²) in [5.41, 5.74) is 0. The smallest absolute Gasteiger partial charge is 0.0414 e. The molecule has 0 unspecified atom stereocenters. The average Bonchev–Trinajstić information content (AvgIpc) is 2.59. The molecule has 12 N–H and O–H groups in total. The lowest BCUT2D eigenvalue weighted by molar-refractivity contribution is -0.362. The van der Waals surface area contributed by atoms with E-state index in [0.29, 0.717) is 0 Å². The van der Waals surface area contributed by atoms with Crippen molar-refractivity contribution < 1.29 is 20.1 Å². The molecule has 0 saturated heterocycles. The maximum absolute atomic E-state index is 10.2. The Bertz CT molecular complexity index is 277. The molecule has 0 aromatic carbocycles. The van der Waals surface area contributed by atoms with Crippen LogP contribution < -0.4 is 33.8 Å². The van der Waals surface area contributed by atoms with Crippen molar-refractivity contribution in [2.24, 2.45) is 0 Å². The van der Waals surface area contributed by atoms with Crippen LogP contribution in [0.25, 0.3) is 0 Å². The van der Waals surface area contributed by atoms with Crippen LogP contribution >= 0.6 is 0 Å². The van der Waals surface area contributed by atoms with Gasteiger partial charge in [0.25, 0.3) is 0 Å². The summed E-state index contributed by atoms with van der Waals surface area (Å²) in [4.78, 5) is 10.2. The second kappa shape index (κ2) is 45.6. The van der Waals surface area contributed by atoms with Gasteiger partial charge in [-0.15, -0.1) is 13.2 Å². The molecule has 0 bridgehead atoms. The van der Waals surface area contributed by atoms with Gasteiger partial charge in [-0.3, -0.25) is 0 Å². The Morgan fingerprint density at radius 2 is 0.931 bits per heavy atom. The quantitative estimate of drug-likeness (QED) is 0.254. The van der Waals surface area contributed by atoms with Crippen LogP contribution in [0.15, 0.2) is 12.2 Å². The van der Waals surface area contributed by atoms with Gasteiger partial charge in [-0.2, -0.15) is 0 Å². The largest absolute Gasteiger partial charge is 0.855 e. The second-order valence-electron chi connectivity index (χ2n) is 6.28. The summed E-state index contributed by atoms with van der Waals surface area (Å²) in [6.07, 6.45) is 20.9. The van der Waals surface area contributed by atoms with Crippen LogP contribution in [0.1, 0.15) is 111 Å². The zero-order valence-electron chi connectivity index (χ0n) is 20.6. The molecule has 0 saturated carbocycles. The fourth-order valence-electron chi connectivity index (χ4n) is 2.34. The van der Waals surface area contributed by atoms with Crippen LogP contribution in [-0.4, -0.2) is 19.2 Å². The van der Waals surface area contributed by atoms with E-state index in [2.05, 4.69) is 19.1 Å². The molecule has 7 heteroatoms. The van der Waals surface area contributed by atoms with Crippen molar-refractivity contribution in [1.29, 1.82) is 0 Å². The van der Waals surface area contributed by atoms with E-state index in [0.717, 1.165) is 19.3 Å². The molecule has 0 spiro atoms. The van der Waals surface area contributed by atoms with Crippen molar-refractivity contribution in [2.45, 2.75) is 111 Å². The topological polar surface area (TPSA) is 196 Å². The average molecular weight is 426 g/mol. The summed E-state index contributed by atoms with van der Waals surface area (Å²) in [6.45, 7) is 5.39. The molecule has 0 rings (SSSR count). The van der Waals surface area contributed by atoms with E-state index in [9.17, 15) is 9.90 Å². The summed E-state index contributed by atoms with van der Waals surface area (Å²) in [5.74, 6) is -0.914. The maximum atomic E-state index is 10.2. The lowest BCUT2D eigenvalue weighted by atomic mass is 10.1. The molecule has 0 amide bonds. The van der Waals surface area contributed by atoms with Crippen molar-refractivity contribution in [3.63, 3.8) is 0 Å². The molecule has 182 valence electrons. The van der Waals surface area contributed by atoms with E-state index in [4.69, 9.17) is 10.2 Å². The van der Waals surface area contributed by atoms with Gasteiger partial charge in [-0.05, 0) is 38.5 Å². The van der Waals surface area contributed by atoms with Gasteiger partial charge in [0.15, 0.2) is 0 Å². The zero-order chi connectivity index (χ0) is 20.3. The first-order chi connectivity index (χ1) is 12.6. The van der Waals surface area contributed by atoms with Crippen LogP contribution in [0.2, 0.25) is 0 Å². The van der Waals surface area contributed by atoms with Crippen molar-refractivity contribution in [3.05, 3.63) is 12.2 Å². The van der Waals surface area contributed by atoms with Gasteiger partial charge >= 0.3 is 0 Å². The normalized spacial score (nSPS) is 9.00.